The highest BCUT2D eigenvalue weighted by Gasteiger charge is 2.05. The van der Waals surface area contributed by atoms with Crippen LogP contribution in [0.3, 0.4) is 0 Å². The van der Waals surface area contributed by atoms with Gasteiger partial charge in [0.1, 0.15) is 0 Å². The molecule has 0 N–H and O–H groups in total. The van der Waals surface area contributed by atoms with Crippen molar-refractivity contribution in [2.75, 3.05) is 0 Å². The second-order valence-electron chi connectivity index (χ2n) is 3.00. The van der Waals surface area contributed by atoms with Gasteiger partial charge in [-0.15, -0.1) is 11.3 Å². The fraction of sp³-hybridized carbons (Fsp3) is 0.0909. The van der Waals surface area contributed by atoms with Crippen molar-refractivity contribution in [3.63, 3.8) is 0 Å². The van der Waals surface area contributed by atoms with Gasteiger partial charge in [0.05, 0.1) is 5.69 Å². The Bertz CT molecular complexity index is 462. The van der Waals surface area contributed by atoms with Crippen LogP contribution >= 0.6 is 11.3 Å². The maximum absolute atomic E-state index is 10.5. The number of benzene rings is 1. The van der Waals surface area contributed by atoms with Crippen LogP contribution in [0, 0.1) is 6.92 Å². The lowest BCUT2D eigenvalue weighted by Crippen LogP contribution is -1.83. The molecule has 0 saturated heterocycles. The summed E-state index contributed by atoms with van der Waals surface area (Å²) >= 11 is 1.37. The average Bonchev–Trinajstić information content (AvgIpc) is 2.67. The van der Waals surface area contributed by atoms with Crippen LogP contribution in [0.5, 0.6) is 0 Å². The van der Waals surface area contributed by atoms with E-state index in [0.29, 0.717) is 5.01 Å². The molecular weight excluding hydrogens is 194 g/mol. The van der Waals surface area contributed by atoms with E-state index in [2.05, 4.69) is 4.98 Å². The number of aryl methyl sites for hydroxylation is 1. The molecule has 0 unspecified atom stereocenters. The largest absolute Gasteiger partial charge is 0.295 e. The Labute approximate surface area is 86.2 Å². The molecule has 0 atom stereocenters. The number of aromatic nitrogens is 1. The van der Waals surface area contributed by atoms with Crippen LogP contribution in [-0.2, 0) is 0 Å². The first-order valence-electron chi connectivity index (χ1n) is 4.28. The molecule has 1 heterocycles. The number of hydrogen-bond acceptors (Lipinski definition) is 3. The maximum Gasteiger partial charge on any atom is 0.178 e. The molecule has 2 rings (SSSR count). The minimum absolute atomic E-state index is 0.531. The lowest BCUT2D eigenvalue weighted by Gasteiger charge is -1.99. The van der Waals surface area contributed by atoms with E-state index in [1.54, 1.807) is 0 Å². The summed E-state index contributed by atoms with van der Waals surface area (Å²) in [6.45, 7) is 2.04. The molecule has 2 aromatic rings. The van der Waals surface area contributed by atoms with E-state index in [0.717, 1.165) is 17.5 Å². The van der Waals surface area contributed by atoms with E-state index in [-0.39, 0.29) is 0 Å². The van der Waals surface area contributed by atoms with Crippen molar-refractivity contribution in [2.45, 2.75) is 6.92 Å². The number of aldehydes is 1. The third kappa shape index (κ3) is 1.59. The maximum atomic E-state index is 10.5. The molecule has 0 fully saturated rings. The predicted octanol–water partition coefficient (Wildman–Crippen LogP) is 2.93. The van der Waals surface area contributed by atoms with Gasteiger partial charge in [-0.1, -0.05) is 24.3 Å². The number of hydrogen-bond donors (Lipinski definition) is 0. The highest BCUT2D eigenvalue weighted by atomic mass is 32.1. The molecular formula is C11H9NOS. The van der Waals surface area contributed by atoms with Gasteiger partial charge in [0.2, 0.25) is 0 Å². The Morgan fingerprint density at radius 1 is 1.36 bits per heavy atom. The van der Waals surface area contributed by atoms with Gasteiger partial charge in [-0.05, 0) is 12.5 Å². The van der Waals surface area contributed by atoms with Crippen molar-refractivity contribution in [3.8, 4) is 11.3 Å². The van der Waals surface area contributed by atoms with E-state index in [9.17, 15) is 4.79 Å². The number of nitrogens with zero attached hydrogens (tertiary/aromatic N) is 1. The molecule has 3 heteroatoms. The van der Waals surface area contributed by atoms with Gasteiger partial charge in [0, 0.05) is 10.9 Å². The van der Waals surface area contributed by atoms with Crippen molar-refractivity contribution in [1.82, 2.24) is 4.98 Å². The van der Waals surface area contributed by atoms with E-state index < -0.39 is 0 Å². The fourth-order valence-corrected chi connectivity index (χ4v) is 1.94. The Morgan fingerprint density at radius 3 is 2.79 bits per heavy atom. The van der Waals surface area contributed by atoms with Gasteiger partial charge in [0.15, 0.2) is 11.3 Å². The third-order valence-electron chi connectivity index (χ3n) is 2.04. The molecule has 14 heavy (non-hydrogen) atoms. The first-order chi connectivity index (χ1) is 6.81. The molecule has 0 aliphatic rings. The van der Waals surface area contributed by atoms with E-state index >= 15 is 0 Å². The van der Waals surface area contributed by atoms with Gasteiger partial charge in [-0.3, -0.25) is 4.79 Å². The highest BCUT2D eigenvalue weighted by molar-refractivity contribution is 7.11. The molecule has 1 aromatic heterocycles. The summed E-state index contributed by atoms with van der Waals surface area (Å²) in [5.74, 6) is 0. The zero-order valence-corrected chi connectivity index (χ0v) is 8.54. The lowest BCUT2D eigenvalue weighted by atomic mass is 10.1. The Hall–Kier alpha value is -1.48. The van der Waals surface area contributed by atoms with Crippen molar-refractivity contribution in [3.05, 3.63) is 40.2 Å². The monoisotopic (exact) mass is 203 g/mol. The van der Waals surface area contributed by atoms with Crippen LogP contribution < -0.4 is 0 Å². The van der Waals surface area contributed by atoms with Crippen LogP contribution in [0.15, 0.2) is 29.6 Å². The zero-order chi connectivity index (χ0) is 9.97. The topological polar surface area (TPSA) is 30.0 Å². The first kappa shape index (κ1) is 9.09. The minimum Gasteiger partial charge on any atom is -0.295 e. The average molecular weight is 203 g/mol. The summed E-state index contributed by atoms with van der Waals surface area (Å²) in [6, 6.07) is 8.02. The Kier molecular flexibility index (Phi) is 2.41. The summed E-state index contributed by atoms with van der Waals surface area (Å²) in [4.78, 5) is 14.7. The van der Waals surface area contributed by atoms with Crippen molar-refractivity contribution in [2.24, 2.45) is 0 Å². The van der Waals surface area contributed by atoms with Gasteiger partial charge in [-0.25, -0.2) is 4.98 Å². The van der Waals surface area contributed by atoms with Crippen LogP contribution in [0.25, 0.3) is 11.3 Å². The normalized spacial score (nSPS) is 10.1. The molecule has 2 nitrogen and oxygen atoms in total. The van der Waals surface area contributed by atoms with Crippen molar-refractivity contribution in [1.29, 1.82) is 0 Å². The number of thiazole rings is 1. The summed E-state index contributed by atoms with van der Waals surface area (Å²) in [5, 5.41) is 2.44. The van der Waals surface area contributed by atoms with E-state index in [1.807, 2.05) is 36.6 Å². The third-order valence-corrected chi connectivity index (χ3v) is 2.81. The van der Waals surface area contributed by atoms with Crippen LogP contribution in [0.4, 0.5) is 0 Å². The molecule has 0 spiro atoms. The molecule has 0 saturated carbocycles. The molecule has 0 amide bonds. The van der Waals surface area contributed by atoms with Gasteiger partial charge >= 0.3 is 0 Å². The molecule has 0 aliphatic carbocycles. The molecule has 0 radical (unpaired) electrons. The number of carbonyl (C=O) groups excluding carboxylic acids is 1. The van der Waals surface area contributed by atoms with Gasteiger partial charge < -0.3 is 0 Å². The lowest BCUT2D eigenvalue weighted by molar-refractivity contribution is 0.112. The SMILES string of the molecule is Cc1ccccc1-c1csc(C=O)n1. The second-order valence-corrected chi connectivity index (χ2v) is 3.89. The van der Waals surface area contributed by atoms with Gasteiger partial charge in [-0.2, -0.15) is 0 Å². The second kappa shape index (κ2) is 3.72. The van der Waals surface area contributed by atoms with Crippen molar-refractivity contribution >= 4 is 17.6 Å². The summed E-state index contributed by atoms with van der Waals surface area (Å²) in [7, 11) is 0. The number of carbonyl (C=O) groups is 1. The summed E-state index contributed by atoms with van der Waals surface area (Å²) < 4.78 is 0. The zero-order valence-electron chi connectivity index (χ0n) is 7.73. The fourth-order valence-electron chi connectivity index (χ4n) is 1.33. The van der Waals surface area contributed by atoms with Crippen LogP contribution in [-0.4, -0.2) is 11.3 Å². The molecule has 0 bridgehead atoms. The quantitative estimate of drug-likeness (QED) is 0.702. The minimum atomic E-state index is 0.531. The van der Waals surface area contributed by atoms with Crippen molar-refractivity contribution < 1.29 is 4.79 Å². The van der Waals surface area contributed by atoms with E-state index in [1.165, 1.54) is 16.9 Å². The summed E-state index contributed by atoms with van der Waals surface area (Å²) in [5.41, 5.74) is 3.15. The van der Waals surface area contributed by atoms with Crippen LogP contribution in [0.1, 0.15) is 15.4 Å². The van der Waals surface area contributed by atoms with Crippen LogP contribution in [0.2, 0.25) is 0 Å². The Morgan fingerprint density at radius 2 is 2.14 bits per heavy atom. The van der Waals surface area contributed by atoms with E-state index in [4.69, 9.17) is 0 Å². The summed E-state index contributed by atoms with van der Waals surface area (Å²) in [6.07, 6.45) is 0.784. The standard InChI is InChI=1S/C11H9NOS/c1-8-4-2-3-5-9(8)10-7-14-11(6-13)12-10/h2-7H,1H3. The predicted molar refractivity (Wildman–Crippen MR) is 57.7 cm³/mol. The molecule has 0 aliphatic heterocycles. The molecule has 1 aromatic carbocycles. The first-order valence-corrected chi connectivity index (χ1v) is 5.16. The van der Waals surface area contributed by atoms with Gasteiger partial charge in [0.25, 0.3) is 0 Å². The number of rotatable bonds is 2. The smallest absolute Gasteiger partial charge is 0.178 e. The highest BCUT2D eigenvalue weighted by Crippen LogP contribution is 2.23. The molecule has 70 valence electrons. The Balaban J connectivity index is 2.49.